The van der Waals surface area contributed by atoms with E-state index in [-0.39, 0.29) is 18.3 Å². The Bertz CT molecular complexity index is 365. The van der Waals surface area contributed by atoms with Gasteiger partial charge in [-0.2, -0.15) is 0 Å². The van der Waals surface area contributed by atoms with E-state index in [0.717, 1.165) is 12.8 Å². The average Bonchev–Trinajstić information content (AvgIpc) is 2.31. The molecule has 0 radical (unpaired) electrons. The molecule has 0 bridgehead atoms. The Labute approximate surface area is 120 Å². The highest BCUT2D eigenvalue weighted by Gasteiger charge is 2.62. The summed E-state index contributed by atoms with van der Waals surface area (Å²) in [6, 6.07) is 0. The molecule has 0 saturated heterocycles. The molecule has 0 aliphatic rings. The quantitative estimate of drug-likeness (QED) is 0.323. The van der Waals surface area contributed by atoms with E-state index in [4.69, 9.17) is 20.4 Å². The number of unbranched alkanes of at least 4 members (excludes halogenated alkanes) is 3. The molecule has 9 heteroatoms. The van der Waals surface area contributed by atoms with Crippen molar-refractivity contribution < 1.29 is 45.1 Å². The molecule has 122 valence electrons. The first-order valence-corrected chi connectivity index (χ1v) is 6.15. The van der Waals surface area contributed by atoms with Crippen LogP contribution in [0.25, 0.3) is 0 Å². The van der Waals surface area contributed by atoms with Gasteiger partial charge in [-0.1, -0.05) is 32.6 Å². The van der Waals surface area contributed by atoms with E-state index in [1.54, 1.807) is 0 Å². The molecule has 1 unspecified atom stereocenters. The SMILES string of the molecule is CCCCCCC(C(=O)O)C(C(=O)O)(C(=O)O)C(=O)O.O. The highest BCUT2D eigenvalue weighted by atomic mass is 16.4. The number of aliphatic carboxylic acids is 4. The van der Waals surface area contributed by atoms with Gasteiger partial charge in [0.25, 0.3) is 5.41 Å². The third-order valence-corrected chi connectivity index (χ3v) is 3.18. The van der Waals surface area contributed by atoms with E-state index >= 15 is 0 Å². The van der Waals surface area contributed by atoms with Crippen molar-refractivity contribution in [2.24, 2.45) is 11.3 Å². The second-order valence-corrected chi connectivity index (χ2v) is 4.46. The topological polar surface area (TPSA) is 181 Å². The van der Waals surface area contributed by atoms with Crippen molar-refractivity contribution in [1.82, 2.24) is 0 Å². The largest absolute Gasteiger partial charge is 0.481 e. The second-order valence-electron chi connectivity index (χ2n) is 4.46. The Morgan fingerprint density at radius 1 is 0.857 bits per heavy atom. The second kappa shape index (κ2) is 8.90. The molecule has 0 aromatic carbocycles. The summed E-state index contributed by atoms with van der Waals surface area (Å²) in [6.07, 6.45) is 2.13. The molecule has 0 aliphatic carbocycles. The number of carboxylic acids is 4. The zero-order chi connectivity index (χ0) is 15.9. The predicted octanol–water partition coefficient (Wildman–Crippen LogP) is 0.0731. The molecule has 0 heterocycles. The van der Waals surface area contributed by atoms with Crippen LogP contribution in [0.3, 0.4) is 0 Å². The lowest BCUT2D eigenvalue weighted by Gasteiger charge is -2.26. The smallest absolute Gasteiger partial charge is 0.333 e. The summed E-state index contributed by atoms with van der Waals surface area (Å²) in [6.45, 7) is 1.91. The number of rotatable bonds is 10. The van der Waals surface area contributed by atoms with Crippen LogP contribution in [0.1, 0.15) is 39.0 Å². The number of hydrogen-bond acceptors (Lipinski definition) is 4. The minimum absolute atomic E-state index is 0. The fourth-order valence-corrected chi connectivity index (χ4v) is 2.02. The molecule has 0 rings (SSSR count). The summed E-state index contributed by atoms with van der Waals surface area (Å²) in [5.74, 6) is -10.3. The highest BCUT2D eigenvalue weighted by molar-refractivity contribution is 6.18. The van der Waals surface area contributed by atoms with Gasteiger partial charge in [0.2, 0.25) is 0 Å². The molecule has 0 amide bonds. The maximum Gasteiger partial charge on any atom is 0.333 e. The first-order valence-electron chi connectivity index (χ1n) is 6.15. The summed E-state index contributed by atoms with van der Waals surface area (Å²) in [4.78, 5) is 44.5. The van der Waals surface area contributed by atoms with E-state index in [1.165, 1.54) is 0 Å². The van der Waals surface area contributed by atoms with Crippen LogP contribution in [-0.4, -0.2) is 49.8 Å². The summed E-state index contributed by atoms with van der Waals surface area (Å²) >= 11 is 0. The van der Waals surface area contributed by atoms with Crippen LogP contribution < -0.4 is 0 Å². The third kappa shape index (κ3) is 4.42. The minimum atomic E-state index is -3.36. The van der Waals surface area contributed by atoms with E-state index in [1.807, 2.05) is 6.92 Å². The van der Waals surface area contributed by atoms with E-state index in [0.29, 0.717) is 6.42 Å². The Balaban J connectivity index is 0. The van der Waals surface area contributed by atoms with Gasteiger partial charge in [-0.25, -0.2) is 0 Å². The highest BCUT2D eigenvalue weighted by Crippen LogP contribution is 2.34. The van der Waals surface area contributed by atoms with Crippen molar-refractivity contribution >= 4 is 23.9 Å². The maximum atomic E-state index is 11.1. The van der Waals surface area contributed by atoms with Crippen molar-refractivity contribution in [3.63, 3.8) is 0 Å². The fourth-order valence-electron chi connectivity index (χ4n) is 2.02. The van der Waals surface area contributed by atoms with Crippen LogP contribution in [0.15, 0.2) is 0 Å². The summed E-state index contributed by atoms with van der Waals surface area (Å²) in [7, 11) is 0. The van der Waals surface area contributed by atoms with Crippen LogP contribution >= 0.6 is 0 Å². The lowest BCUT2D eigenvalue weighted by molar-refractivity contribution is -0.186. The van der Waals surface area contributed by atoms with Gasteiger partial charge in [-0.3, -0.25) is 19.2 Å². The third-order valence-electron chi connectivity index (χ3n) is 3.18. The Morgan fingerprint density at radius 3 is 1.57 bits per heavy atom. The van der Waals surface area contributed by atoms with Gasteiger partial charge < -0.3 is 25.9 Å². The molecule has 0 aliphatic heterocycles. The molecule has 6 N–H and O–H groups in total. The van der Waals surface area contributed by atoms with Gasteiger partial charge >= 0.3 is 23.9 Å². The molecule has 0 spiro atoms. The molecule has 0 aromatic heterocycles. The first kappa shape index (κ1) is 21.1. The summed E-state index contributed by atoms with van der Waals surface area (Å²) in [5, 5.41) is 35.9. The van der Waals surface area contributed by atoms with Gasteiger partial charge in [-0.15, -0.1) is 0 Å². The molecule has 0 aromatic rings. The fraction of sp³-hybridized carbons (Fsp3) is 0.667. The number of hydrogen-bond donors (Lipinski definition) is 4. The summed E-state index contributed by atoms with van der Waals surface area (Å²) in [5.41, 5.74) is -3.36. The standard InChI is InChI=1S/C12H18O8.H2O/c1-2-3-4-5-6-7(8(13)14)12(9(15)16,10(17)18)11(19)20;/h7H,2-6H2,1H3,(H,13,14)(H,15,16)(H,17,18)(H,19,20);1H2. The van der Waals surface area contributed by atoms with Crippen molar-refractivity contribution in [1.29, 1.82) is 0 Å². The van der Waals surface area contributed by atoms with Crippen molar-refractivity contribution in [3.05, 3.63) is 0 Å². The van der Waals surface area contributed by atoms with Crippen LogP contribution in [0.4, 0.5) is 0 Å². The molecule has 9 nitrogen and oxygen atoms in total. The van der Waals surface area contributed by atoms with Gasteiger partial charge in [0, 0.05) is 0 Å². The van der Waals surface area contributed by atoms with Crippen LogP contribution in [0.5, 0.6) is 0 Å². The van der Waals surface area contributed by atoms with E-state index in [9.17, 15) is 19.2 Å². The minimum Gasteiger partial charge on any atom is -0.481 e. The lowest BCUT2D eigenvalue weighted by atomic mass is 9.72. The normalized spacial score (nSPS) is 12.0. The van der Waals surface area contributed by atoms with Gasteiger partial charge in [-0.05, 0) is 6.42 Å². The Hall–Kier alpha value is -2.16. The molecular weight excluding hydrogens is 288 g/mol. The molecule has 0 fully saturated rings. The molecule has 1 atom stereocenters. The Morgan fingerprint density at radius 2 is 1.29 bits per heavy atom. The maximum absolute atomic E-state index is 11.1. The van der Waals surface area contributed by atoms with E-state index < -0.39 is 35.2 Å². The number of carbonyl (C=O) groups is 4. The molecule has 0 saturated carbocycles. The zero-order valence-electron chi connectivity index (χ0n) is 11.5. The van der Waals surface area contributed by atoms with Gasteiger partial charge in [0.05, 0.1) is 5.92 Å². The van der Waals surface area contributed by atoms with Gasteiger partial charge in [0.1, 0.15) is 0 Å². The van der Waals surface area contributed by atoms with Crippen LogP contribution in [0.2, 0.25) is 0 Å². The van der Waals surface area contributed by atoms with Crippen molar-refractivity contribution in [3.8, 4) is 0 Å². The van der Waals surface area contributed by atoms with Crippen LogP contribution in [0, 0.1) is 11.3 Å². The van der Waals surface area contributed by atoms with Gasteiger partial charge in [0.15, 0.2) is 0 Å². The zero-order valence-corrected chi connectivity index (χ0v) is 11.5. The Kier molecular flexibility index (Phi) is 8.96. The van der Waals surface area contributed by atoms with E-state index in [2.05, 4.69) is 0 Å². The number of carboxylic acid groups (broad SMARTS) is 4. The first-order chi connectivity index (χ1) is 9.22. The van der Waals surface area contributed by atoms with Crippen molar-refractivity contribution in [2.75, 3.05) is 0 Å². The molecule has 21 heavy (non-hydrogen) atoms. The molecular formula is C12H20O9. The predicted molar refractivity (Wildman–Crippen MR) is 68.8 cm³/mol. The monoisotopic (exact) mass is 308 g/mol. The van der Waals surface area contributed by atoms with Crippen LogP contribution in [-0.2, 0) is 19.2 Å². The summed E-state index contributed by atoms with van der Waals surface area (Å²) < 4.78 is 0. The van der Waals surface area contributed by atoms with Crippen molar-refractivity contribution in [2.45, 2.75) is 39.0 Å². The average molecular weight is 308 g/mol. The lowest BCUT2D eigenvalue weighted by Crippen LogP contribution is -2.54.